The number of nitrogens with zero attached hydrogens (tertiary/aromatic N) is 1. The molecule has 0 saturated heterocycles. The Morgan fingerprint density at radius 2 is 1.63 bits per heavy atom. The third kappa shape index (κ3) is 15.2. The van der Waals surface area contributed by atoms with Gasteiger partial charge in [0.05, 0.1) is 13.8 Å². The molecule has 3 N–H and O–H groups in total. The van der Waals surface area contributed by atoms with Gasteiger partial charge in [-0.1, -0.05) is 91.2 Å². The van der Waals surface area contributed by atoms with Crippen LogP contribution in [0.25, 0.3) is 5.32 Å². The monoisotopic (exact) mass is 677 g/mol. The third-order valence-electron chi connectivity index (χ3n) is 5.30. The van der Waals surface area contributed by atoms with Crippen molar-refractivity contribution in [3.8, 4) is 5.75 Å². The first-order valence-corrected chi connectivity index (χ1v) is 12.8. The average Bonchev–Trinajstić information content (AvgIpc) is 2.90. The Morgan fingerprint density at radius 3 is 2.11 bits per heavy atom. The molecule has 1 aliphatic heterocycles. The molecule has 1 aliphatic carbocycles. The maximum Gasteiger partial charge on any atom is 0.415 e. The van der Waals surface area contributed by atoms with Crippen molar-refractivity contribution < 1.29 is 49.2 Å². The molecule has 2 atom stereocenters. The van der Waals surface area contributed by atoms with E-state index in [1.807, 2.05) is 46.9 Å². The van der Waals surface area contributed by atoms with E-state index in [0.717, 1.165) is 24.6 Å². The van der Waals surface area contributed by atoms with Crippen LogP contribution in [0.4, 0.5) is 13.2 Å². The van der Waals surface area contributed by atoms with Crippen molar-refractivity contribution in [2.45, 2.75) is 98.4 Å². The first kappa shape index (κ1) is 38.9. The van der Waals surface area contributed by atoms with Crippen LogP contribution in [0.5, 0.6) is 5.75 Å². The van der Waals surface area contributed by atoms with E-state index in [2.05, 4.69) is 18.2 Å². The molecule has 2 unspecified atom stereocenters. The van der Waals surface area contributed by atoms with Gasteiger partial charge in [-0.05, 0) is 24.1 Å². The van der Waals surface area contributed by atoms with E-state index < -0.39 is 25.6 Å². The minimum Gasteiger partial charge on any atom is -0.655 e. The molecular weight excluding hydrogens is 629 g/mol. The second-order valence-corrected chi connectivity index (χ2v) is 7.23. The number of nitrogens with one attached hydrogen (secondary N) is 1. The molecule has 1 aromatic carbocycles. The smallest absolute Gasteiger partial charge is 0.415 e. The van der Waals surface area contributed by atoms with Crippen LogP contribution in [0, 0.1) is 5.92 Å². The molecule has 0 bridgehead atoms. The van der Waals surface area contributed by atoms with Crippen molar-refractivity contribution in [1.29, 1.82) is 0 Å². The molecule has 1 aromatic rings. The zero-order chi connectivity index (χ0) is 26.6. The molecule has 35 heavy (non-hydrogen) atoms. The maximum atomic E-state index is 11.4. The second-order valence-electron chi connectivity index (χ2n) is 7.23. The van der Waals surface area contributed by atoms with Crippen molar-refractivity contribution in [2.75, 3.05) is 26.9 Å². The molecule has 9 heteroatoms. The molecule has 0 radical (unpaired) electrons. The molecule has 3 rings (SSSR count). The topological polar surface area (TPSA) is 75.8 Å². The fourth-order valence-corrected chi connectivity index (χ4v) is 3.80. The summed E-state index contributed by atoms with van der Waals surface area (Å²) in [6.45, 7) is 11.7. The number of ether oxygens (including phenoxy) is 1. The number of methoxy groups -OCH3 is 1. The average molecular weight is 678 g/mol. The third-order valence-corrected chi connectivity index (χ3v) is 5.30. The summed E-state index contributed by atoms with van der Waals surface area (Å²) in [4.78, 5) is 0. The first-order valence-electron chi connectivity index (χ1n) is 12.8. The summed E-state index contributed by atoms with van der Waals surface area (Å²) >= 11 is 0. The van der Waals surface area contributed by atoms with E-state index >= 15 is 0 Å². The van der Waals surface area contributed by atoms with Gasteiger partial charge in [-0.3, -0.25) is 5.32 Å². The van der Waals surface area contributed by atoms with Crippen LogP contribution in [0.1, 0.15) is 90.8 Å². The van der Waals surface area contributed by atoms with Gasteiger partial charge in [-0.15, -0.1) is 12.6 Å². The van der Waals surface area contributed by atoms with Crippen molar-refractivity contribution in [3.63, 3.8) is 0 Å². The summed E-state index contributed by atoms with van der Waals surface area (Å²) in [6.07, 6.45) is 0.972. The van der Waals surface area contributed by atoms with E-state index in [0.29, 0.717) is 6.04 Å². The Kier molecular flexibility index (Phi) is 26.3. The SMILES string of the molecule is CC.CC.CC.COc1ccc2c(c1)C(C1CCCCC1)[N-]CC2.OCNCC(O)C(F)(F)F.[W]. The minimum absolute atomic E-state index is 0. The largest absolute Gasteiger partial charge is 0.655 e. The summed E-state index contributed by atoms with van der Waals surface area (Å²) < 4.78 is 39.6. The van der Waals surface area contributed by atoms with Crippen LogP contribution >= 0.6 is 0 Å². The predicted molar refractivity (Wildman–Crippen MR) is 135 cm³/mol. The zero-order valence-corrected chi connectivity index (χ0v) is 25.6. The molecule has 0 aromatic heterocycles. The Morgan fingerprint density at radius 1 is 1.06 bits per heavy atom. The number of halogens is 3. The number of aliphatic hydroxyl groups is 2. The summed E-state index contributed by atoms with van der Waals surface area (Å²) in [5, 5.41) is 23.1. The van der Waals surface area contributed by atoms with Crippen LogP contribution in [0.2, 0.25) is 0 Å². The van der Waals surface area contributed by atoms with Crippen LogP contribution in [-0.2, 0) is 27.5 Å². The normalized spacial score (nSPS) is 17.5. The van der Waals surface area contributed by atoms with Gasteiger partial charge in [0.2, 0.25) is 0 Å². The maximum absolute atomic E-state index is 11.4. The number of aliphatic hydroxyl groups excluding tert-OH is 2. The molecule has 0 amide bonds. The molecule has 1 saturated carbocycles. The molecule has 1 fully saturated rings. The standard InChI is InChI=1S/C16H22NO.C4H8F3NO2.3C2H6.W/c1-18-14-8-7-12-9-10-17-16(15(12)11-14)13-5-3-2-4-6-13;5-4(6,7)3(10)1-8-2-9;3*1-2;/h7-8,11,13,16H,2-6,9-10H2,1H3;3,8-10H,1-2H2;3*1-2H3;/q-1;;;;;. The number of hydrogen-bond acceptors (Lipinski definition) is 4. The van der Waals surface area contributed by atoms with Crippen LogP contribution in [0.3, 0.4) is 0 Å². The van der Waals surface area contributed by atoms with E-state index in [1.54, 1.807) is 7.11 Å². The van der Waals surface area contributed by atoms with Crippen molar-refractivity contribution in [2.24, 2.45) is 5.92 Å². The van der Waals surface area contributed by atoms with Gasteiger partial charge in [0.15, 0.2) is 6.10 Å². The van der Waals surface area contributed by atoms with Gasteiger partial charge in [0.1, 0.15) is 5.75 Å². The summed E-state index contributed by atoms with van der Waals surface area (Å²) in [5.41, 5.74) is 2.92. The molecule has 1 heterocycles. The molecule has 5 nitrogen and oxygen atoms in total. The fraction of sp³-hybridized carbons (Fsp3) is 0.769. The molecule has 208 valence electrons. The zero-order valence-electron chi connectivity index (χ0n) is 22.6. The Labute approximate surface area is 225 Å². The summed E-state index contributed by atoms with van der Waals surface area (Å²) in [6, 6.07) is 6.97. The number of rotatable bonds is 5. The van der Waals surface area contributed by atoms with Gasteiger partial charge < -0.3 is 20.3 Å². The number of benzene rings is 1. The van der Waals surface area contributed by atoms with Crippen molar-refractivity contribution in [3.05, 3.63) is 34.6 Å². The van der Waals surface area contributed by atoms with E-state index in [-0.39, 0.29) is 21.1 Å². The van der Waals surface area contributed by atoms with Gasteiger partial charge in [-0.25, -0.2) is 0 Å². The Hall–Kier alpha value is -0.662. The quantitative estimate of drug-likeness (QED) is 0.301. The predicted octanol–water partition coefficient (Wildman–Crippen LogP) is 6.77. The second kappa shape index (κ2) is 23.7. The van der Waals surface area contributed by atoms with Crippen molar-refractivity contribution >= 4 is 0 Å². The Bertz CT molecular complexity index is 602. The Balaban J connectivity index is -0.000000521. The number of fused-ring (bicyclic) bond motifs is 1. The summed E-state index contributed by atoms with van der Waals surface area (Å²) in [7, 11) is 1.75. The van der Waals surface area contributed by atoms with Crippen molar-refractivity contribution in [1.82, 2.24) is 5.32 Å². The van der Waals surface area contributed by atoms with Gasteiger partial charge in [0.25, 0.3) is 0 Å². The number of hydrogen-bond donors (Lipinski definition) is 3. The van der Waals surface area contributed by atoms with E-state index in [9.17, 15) is 13.2 Å². The van der Waals surface area contributed by atoms with Gasteiger partial charge in [0, 0.05) is 27.6 Å². The van der Waals surface area contributed by atoms with Gasteiger partial charge >= 0.3 is 6.18 Å². The number of alkyl halides is 3. The van der Waals surface area contributed by atoms with E-state index in [1.165, 1.54) is 43.2 Å². The van der Waals surface area contributed by atoms with Crippen LogP contribution in [-0.4, -0.2) is 49.4 Å². The fourth-order valence-electron chi connectivity index (χ4n) is 3.80. The first-order chi connectivity index (χ1) is 16.4. The molecule has 2 aliphatic rings. The summed E-state index contributed by atoms with van der Waals surface area (Å²) in [5.74, 6) is 1.75. The van der Waals surface area contributed by atoms with Gasteiger partial charge in [-0.2, -0.15) is 13.2 Å². The van der Waals surface area contributed by atoms with Crippen LogP contribution in [0.15, 0.2) is 18.2 Å². The molecular formula is C26H48F3N2O3W-. The van der Waals surface area contributed by atoms with E-state index in [4.69, 9.17) is 20.3 Å². The van der Waals surface area contributed by atoms with Crippen LogP contribution < -0.4 is 10.1 Å². The minimum atomic E-state index is -4.61. The molecule has 0 spiro atoms.